The molecule has 1 aromatic carbocycles. The van der Waals surface area contributed by atoms with Crippen LogP contribution in [0, 0.1) is 0 Å². The Morgan fingerprint density at radius 1 is 1.19 bits per heavy atom. The highest BCUT2D eigenvalue weighted by atomic mass is 35.5. The predicted octanol–water partition coefficient (Wildman–Crippen LogP) is 2.17. The molecule has 1 amide bonds. The van der Waals surface area contributed by atoms with Crippen LogP contribution in [-0.4, -0.2) is 41.5 Å². The first-order chi connectivity index (χ1) is 12.4. The fraction of sp³-hybridized carbons (Fsp3) is 0.133. The van der Waals surface area contributed by atoms with Crippen molar-refractivity contribution in [2.24, 2.45) is 0 Å². The monoisotopic (exact) mass is 394 g/mol. The van der Waals surface area contributed by atoms with E-state index >= 15 is 0 Å². The average Bonchev–Trinajstić information content (AvgIpc) is 3.20. The molecule has 3 rings (SSSR count). The van der Waals surface area contributed by atoms with Gasteiger partial charge in [0.2, 0.25) is 5.95 Å². The highest BCUT2D eigenvalue weighted by Gasteiger charge is 2.12. The van der Waals surface area contributed by atoms with E-state index < -0.39 is 11.9 Å². The molecule has 0 atom stereocenters. The second-order valence-corrected chi connectivity index (χ2v) is 6.10. The highest BCUT2D eigenvalue weighted by molar-refractivity contribution is 6.42. The summed E-state index contributed by atoms with van der Waals surface area (Å²) in [6, 6.07) is 5.22. The maximum atomic E-state index is 12.1. The minimum Gasteiger partial charge on any atom is -0.480 e. The third-order valence-corrected chi connectivity index (χ3v) is 4.02. The Labute approximate surface area is 157 Å². The third-order valence-electron chi connectivity index (χ3n) is 3.28. The smallest absolute Gasteiger partial charge is 0.325 e. The Bertz CT molecular complexity index is 968. The topological polar surface area (TPSA) is 115 Å². The van der Waals surface area contributed by atoms with Gasteiger partial charge in [0, 0.05) is 6.20 Å². The van der Waals surface area contributed by atoms with E-state index in [0.29, 0.717) is 16.6 Å². The fourth-order valence-electron chi connectivity index (χ4n) is 2.13. The van der Waals surface area contributed by atoms with E-state index in [1.54, 1.807) is 12.1 Å². The SMILES string of the molecule is O=C(O)Cn1cc(C(=O)Nc2ncn(Cc3ccc(Cl)c(Cl)c3)n2)cn1. The van der Waals surface area contributed by atoms with Gasteiger partial charge in [0.05, 0.1) is 28.4 Å². The van der Waals surface area contributed by atoms with Gasteiger partial charge in [0.15, 0.2) is 0 Å². The number of carboxylic acid groups (broad SMARTS) is 1. The predicted molar refractivity (Wildman–Crippen MR) is 93.4 cm³/mol. The van der Waals surface area contributed by atoms with Crippen molar-refractivity contribution in [1.82, 2.24) is 24.5 Å². The first-order valence-corrected chi connectivity index (χ1v) is 8.05. The summed E-state index contributed by atoms with van der Waals surface area (Å²) in [5.41, 5.74) is 1.07. The Morgan fingerprint density at radius 2 is 2.00 bits per heavy atom. The lowest BCUT2D eigenvalue weighted by Crippen LogP contribution is -2.13. The summed E-state index contributed by atoms with van der Waals surface area (Å²) in [7, 11) is 0. The summed E-state index contributed by atoms with van der Waals surface area (Å²) < 4.78 is 2.68. The highest BCUT2D eigenvalue weighted by Crippen LogP contribution is 2.22. The summed E-state index contributed by atoms with van der Waals surface area (Å²) in [5, 5.41) is 20.1. The minimum atomic E-state index is -1.05. The zero-order valence-electron chi connectivity index (χ0n) is 13.1. The van der Waals surface area contributed by atoms with Crippen LogP contribution in [0.15, 0.2) is 36.9 Å². The molecule has 3 aromatic rings. The first-order valence-electron chi connectivity index (χ1n) is 7.29. The second-order valence-electron chi connectivity index (χ2n) is 5.29. The van der Waals surface area contributed by atoms with Gasteiger partial charge in [0.1, 0.15) is 12.9 Å². The molecule has 0 radical (unpaired) electrons. The molecule has 2 aromatic heterocycles. The maximum absolute atomic E-state index is 12.1. The number of amides is 1. The number of carbonyl (C=O) groups excluding carboxylic acids is 1. The van der Waals surface area contributed by atoms with E-state index in [9.17, 15) is 9.59 Å². The van der Waals surface area contributed by atoms with Crippen LogP contribution in [-0.2, 0) is 17.9 Å². The number of benzene rings is 1. The van der Waals surface area contributed by atoms with Gasteiger partial charge < -0.3 is 5.11 Å². The van der Waals surface area contributed by atoms with Crippen molar-refractivity contribution in [3.05, 3.63) is 58.1 Å². The van der Waals surface area contributed by atoms with E-state index in [4.69, 9.17) is 28.3 Å². The zero-order chi connectivity index (χ0) is 18.7. The van der Waals surface area contributed by atoms with Crippen molar-refractivity contribution < 1.29 is 14.7 Å². The largest absolute Gasteiger partial charge is 0.480 e. The van der Waals surface area contributed by atoms with Crippen LogP contribution in [0.25, 0.3) is 0 Å². The van der Waals surface area contributed by atoms with Crippen molar-refractivity contribution in [2.75, 3.05) is 5.32 Å². The van der Waals surface area contributed by atoms with E-state index in [0.717, 1.165) is 10.2 Å². The fourth-order valence-corrected chi connectivity index (χ4v) is 2.45. The first kappa shape index (κ1) is 17.9. The van der Waals surface area contributed by atoms with Crippen LogP contribution in [0.1, 0.15) is 15.9 Å². The Morgan fingerprint density at radius 3 is 2.73 bits per heavy atom. The van der Waals surface area contributed by atoms with Crippen LogP contribution < -0.4 is 5.32 Å². The van der Waals surface area contributed by atoms with E-state index in [1.807, 2.05) is 6.07 Å². The Kier molecular flexibility index (Phi) is 5.19. The molecule has 2 N–H and O–H groups in total. The van der Waals surface area contributed by atoms with Crippen molar-refractivity contribution in [3.8, 4) is 0 Å². The summed E-state index contributed by atoms with van der Waals surface area (Å²) >= 11 is 11.9. The summed E-state index contributed by atoms with van der Waals surface area (Å²) in [6.07, 6.45) is 4.06. The summed E-state index contributed by atoms with van der Waals surface area (Å²) in [4.78, 5) is 26.8. The van der Waals surface area contributed by atoms with Gasteiger partial charge in [-0.3, -0.25) is 19.6 Å². The molecule has 0 saturated heterocycles. The van der Waals surface area contributed by atoms with Crippen molar-refractivity contribution in [1.29, 1.82) is 0 Å². The summed E-state index contributed by atoms with van der Waals surface area (Å²) in [6.45, 7) is 0.0696. The molecule has 134 valence electrons. The number of halogens is 2. The van der Waals surface area contributed by atoms with Crippen LogP contribution in [0.5, 0.6) is 0 Å². The number of aromatic nitrogens is 5. The lowest BCUT2D eigenvalue weighted by atomic mass is 10.2. The van der Waals surface area contributed by atoms with Gasteiger partial charge in [-0.2, -0.15) is 5.10 Å². The van der Waals surface area contributed by atoms with Gasteiger partial charge in [-0.15, -0.1) is 5.10 Å². The molecular formula is C15H12Cl2N6O3. The van der Waals surface area contributed by atoms with Gasteiger partial charge >= 0.3 is 5.97 Å². The molecule has 11 heteroatoms. The maximum Gasteiger partial charge on any atom is 0.325 e. The molecule has 0 aliphatic carbocycles. The van der Waals surface area contributed by atoms with Crippen LogP contribution >= 0.6 is 23.2 Å². The number of carbonyl (C=O) groups is 2. The molecule has 0 bridgehead atoms. The Balaban J connectivity index is 1.64. The van der Waals surface area contributed by atoms with E-state index in [1.165, 1.54) is 23.4 Å². The Hall–Kier alpha value is -2.91. The van der Waals surface area contributed by atoms with Crippen molar-refractivity contribution >= 4 is 41.0 Å². The number of nitrogens with one attached hydrogen (secondary N) is 1. The molecule has 2 heterocycles. The molecule has 9 nitrogen and oxygen atoms in total. The minimum absolute atomic E-state index is 0.112. The average molecular weight is 395 g/mol. The number of hydrogen-bond acceptors (Lipinski definition) is 5. The molecule has 0 aliphatic heterocycles. The zero-order valence-corrected chi connectivity index (χ0v) is 14.6. The molecule has 0 saturated carbocycles. The molecule has 0 spiro atoms. The van der Waals surface area contributed by atoms with Gasteiger partial charge in [-0.1, -0.05) is 29.3 Å². The molecule has 26 heavy (non-hydrogen) atoms. The second kappa shape index (κ2) is 7.54. The van der Waals surface area contributed by atoms with Crippen molar-refractivity contribution in [2.45, 2.75) is 13.1 Å². The van der Waals surface area contributed by atoms with Crippen LogP contribution in [0.2, 0.25) is 10.0 Å². The lowest BCUT2D eigenvalue weighted by molar-refractivity contribution is -0.137. The molecule has 0 fully saturated rings. The van der Waals surface area contributed by atoms with Gasteiger partial charge in [-0.25, -0.2) is 9.67 Å². The van der Waals surface area contributed by atoms with Gasteiger partial charge in [0.25, 0.3) is 5.91 Å². The molecular weight excluding hydrogens is 383 g/mol. The van der Waals surface area contributed by atoms with Gasteiger partial charge in [-0.05, 0) is 17.7 Å². The quantitative estimate of drug-likeness (QED) is 0.661. The third kappa shape index (κ3) is 4.38. The van der Waals surface area contributed by atoms with E-state index in [-0.39, 0.29) is 18.1 Å². The number of carboxylic acids is 1. The number of nitrogens with zero attached hydrogens (tertiary/aromatic N) is 5. The lowest BCUT2D eigenvalue weighted by Gasteiger charge is -2.03. The number of aliphatic carboxylic acids is 1. The standard InChI is InChI=1S/C15H12Cl2N6O3/c16-11-2-1-9(3-12(11)17)5-23-8-18-15(21-23)20-14(26)10-4-19-22(6-10)7-13(24)25/h1-4,6,8H,5,7H2,(H,24,25)(H,20,21,26). The van der Waals surface area contributed by atoms with Crippen LogP contribution in [0.3, 0.4) is 0 Å². The summed E-state index contributed by atoms with van der Waals surface area (Å²) in [5.74, 6) is -1.43. The number of hydrogen-bond donors (Lipinski definition) is 2. The molecule has 0 aliphatic rings. The van der Waals surface area contributed by atoms with E-state index in [2.05, 4.69) is 20.5 Å². The molecule has 0 unspecified atom stereocenters. The number of anilines is 1. The van der Waals surface area contributed by atoms with Crippen LogP contribution in [0.4, 0.5) is 5.95 Å². The number of rotatable bonds is 6. The normalized spacial score (nSPS) is 10.7. The van der Waals surface area contributed by atoms with Crippen molar-refractivity contribution in [3.63, 3.8) is 0 Å².